The molecule has 14 heteroatoms. The summed E-state index contributed by atoms with van der Waals surface area (Å²) >= 11 is 0. The topological polar surface area (TPSA) is 125 Å². The maximum Gasteiger partial charge on any atom is 0.410 e. The van der Waals surface area contributed by atoms with Crippen LogP contribution >= 0.6 is 0 Å². The Morgan fingerprint density at radius 3 is 2.45 bits per heavy atom. The zero-order valence-electron chi connectivity index (χ0n) is 23.2. The molecule has 0 saturated carbocycles. The molecule has 1 fully saturated rings. The van der Waals surface area contributed by atoms with Gasteiger partial charge in [-0.1, -0.05) is 0 Å². The van der Waals surface area contributed by atoms with E-state index in [1.54, 1.807) is 25.7 Å². The van der Waals surface area contributed by atoms with E-state index in [1.165, 1.54) is 35.0 Å². The Kier molecular flexibility index (Phi) is 7.89. The number of halogens is 3. The van der Waals surface area contributed by atoms with Gasteiger partial charge in [-0.3, -0.25) is 18.9 Å². The molecule has 4 aromatic rings. The molecule has 1 aliphatic rings. The van der Waals surface area contributed by atoms with Crippen molar-refractivity contribution in [1.29, 1.82) is 0 Å². The SMILES string of the molecule is CC(C)(C)OC(=O)N1CCC(Cn2c(=O)n(Cc3ccc(-c4nnc(C(F)F)o4)cn3)c(=O)c3cc(F)ccc32)CC1. The van der Waals surface area contributed by atoms with Gasteiger partial charge in [-0.15, -0.1) is 10.2 Å². The number of hydrogen-bond donors (Lipinski definition) is 0. The van der Waals surface area contributed by atoms with Crippen LogP contribution in [0.3, 0.4) is 0 Å². The number of ether oxygens (including phenoxy) is 1. The Balaban J connectivity index is 1.40. The molecule has 4 heterocycles. The van der Waals surface area contributed by atoms with Crippen LogP contribution in [-0.4, -0.2) is 54.0 Å². The number of pyridine rings is 1. The number of alkyl halides is 2. The smallest absolute Gasteiger partial charge is 0.410 e. The lowest BCUT2D eigenvalue weighted by Crippen LogP contribution is -2.44. The van der Waals surface area contributed by atoms with E-state index >= 15 is 0 Å². The third-order valence-electron chi connectivity index (χ3n) is 6.91. The summed E-state index contributed by atoms with van der Waals surface area (Å²) in [5.74, 6) is -1.57. The number of carbonyl (C=O) groups is 1. The number of benzene rings is 1. The van der Waals surface area contributed by atoms with Gasteiger partial charge in [-0.05, 0) is 69.9 Å². The second-order valence-corrected chi connectivity index (χ2v) is 11.1. The molecule has 1 saturated heterocycles. The molecule has 0 atom stereocenters. The van der Waals surface area contributed by atoms with Gasteiger partial charge < -0.3 is 14.1 Å². The summed E-state index contributed by atoms with van der Waals surface area (Å²) in [6.45, 7) is 6.36. The fourth-order valence-electron chi connectivity index (χ4n) is 4.84. The average Bonchev–Trinajstić information content (AvgIpc) is 3.44. The number of fused-ring (bicyclic) bond motifs is 1. The van der Waals surface area contributed by atoms with E-state index in [4.69, 9.17) is 9.15 Å². The van der Waals surface area contributed by atoms with Gasteiger partial charge >= 0.3 is 18.2 Å². The van der Waals surface area contributed by atoms with Crippen molar-refractivity contribution in [2.24, 2.45) is 5.92 Å². The predicted molar refractivity (Wildman–Crippen MR) is 145 cm³/mol. The number of likely N-dealkylation sites (tertiary alicyclic amines) is 1. The summed E-state index contributed by atoms with van der Waals surface area (Å²) in [6, 6.07) is 6.71. The molecular formula is C28H29F3N6O5. The van der Waals surface area contributed by atoms with E-state index in [1.807, 2.05) is 0 Å². The minimum Gasteiger partial charge on any atom is -0.444 e. The first kappa shape index (κ1) is 29.0. The van der Waals surface area contributed by atoms with Crippen LogP contribution in [-0.2, 0) is 17.8 Å². The lowest BCUT2D eigenvalue weighted by molar-refractivity contribution is 0.0178. The van der Waals surface area contributed by atoms with E-state index in [0.29, 0.717) is 37.1 Å². The summed E-state index contributed by atoms with van der Waals surface area (Å²) in [4.78, 5) is 45.3. The molecule has 1 amide bonds. The molecule has 11 nitrogen and oxygen atoms in total. The van der Waals surface area contributed by atoms with Crippen LogP contribution in [0.1, 0.15) is 51.6 Å². The van der Waals surface area contributed by atoms with Gasteiger partial charge in [0.25, 0.3) is 11.4 Å². The first-order valence-electron chi connectivity index (χ1n) is 13.4. The first-order chi connectivity index (χ1) is 19.9. The van der Waals surface area contributed by atoms with Crippen LogP contribution in [0.2, 0.25) is 0 Å². The van der Waals surface area contributed by atoms with Gasteiger partial charge in [0.15, 0.2) is 0 Å². The van der Waals surface area contributed by atoms with Crippen LogP contribution < -0.4 is 11.2 Å². The van der Waals surface area contributed by atoms with Crippen molar-refractivity contribution in [2.45, 2.75) is 58.7 Å². The molecule has 0 bridgehead atoms. The van der Waals surface area contributed by atoms with E-state index in [0.717, 1.165) is 10.6 Å². The van der Waals surface area contributed by atoms with E-state index < -0.39 is 35.0 Å². The Labute approximate surface area is 237 Å². The Morgan fingerprint density at radius 1 is 1.10 bits per heavy atom. The van der Waals surface area contributed by atoms with Gasteiger partial charge in [-0.25, -0.2) is 14.0 Å². The first-order valence-corrected chi connectivity index (χ1v) is 13.4. The summed E-state index contributed by atoms with van der Waals surface area (Å²) < 4.78 is 52.6. The quantitative estimate of drug-likeness (QED) is 0.326. The van der Waals surface area contributed by atoms with E-state index in [-0.39, 0.29) is 41.9 Å². The molecule has 3 aromatic heterocycles. The van der Waals surface area contributed by atoms with E-state index in [2.05, 4.69) is 15.2 Å². The van der Waals surface area contributed by atoms with Crippen molar-refractivity contribution in [3.8, 4) is 11.5 Å². The fourth-order valence-corrected chi connectivity index (χ4v) is 4.84. The Morgan fingerprint density at radius 2 is 1.83 bits per heavy atom. The molecule has 222 valence electrons. The summed E-state index contributed by atoms with van der Waals surface area (Å²) in [5.41, 5.74) is -0.955. The van der Waals surface area contributed by atoms with Gasteiger partial charge in [0.1, 0.15) is 11.4 Å². The fraction of sp³-hybridized carbons (Fsp3) is 0.429. The summed E-state index contributed by atoms with van der Waals surface area (Å²) in [7, 11) is 0. The van der Waals surface area contributed by atoms with Crippen LogP contribution in [0.4, 0.5) is 18.0 Å². The van der Waals surface area contributed by atoms with Gasteiger partial charge in [0, 0.05) is 25.8 Å². The van der Waals surface area contributed by atoms with E-state index in [9.17, 15) is 27.6 Å². The molecule has 1 aromatic carbocycles. The normalized spacial score (nSPS) is 14.6. The highest BCUT2D eigenvalue weighted by Gasteiger charge is 2.28. The van der Waals surface area contributed by atoms with Crippen molar-refractivity contribution >= 4 is 17.0 Å². The highest BCUT2D eigenvalue weighted by Crippen LogP contribution is 2.24. The van der Waals surface area contributed by atoms with Gasteiger partial charge in [0.2, 0.25) is 5.89 Å². The molecule has 0 N–H and O–H groups in total. The molecule has 1 aliphatic heterocycles. The summed E-state index contributed by atoms with van der Waals surface area (Å²) in [6.07, 6.45) is -0.776. The monoisotopic (exact) mass is 586 g/mol. The molecule has 42 heavy (non-hydrogen) atoms. The van der Waals surface area contributed by atoms with Crippen molar-refractivity contribution in [1.82, 2.24) is 29.2 Å². The Hall–Kier alpha value is -4.49. The number of rotatable bonds is 6. The third-order valence-corrected chi connectivity index (χ3v) is 6.91. The number of hydrogen-bond acceptors (Lipinski definition) is 8. The maximum atomic E-state index is 14.2. The second kappa shape index (κ2) is 11.4. The minimum absolute atomic E-state index is 0.0190. The number of aromatic nitrogens is 5. The van der Waals surface area contributed by atoms with Crippen LogP contribution in [0.15, 0.2) is 50.5 Å². The Bertz CT molecular complexity index is 1720. The van der Waals surface area contributed by atoms with Gasteiger partial charge in [0.05, 0.1) is 28.7 Å². The largest absolute Gasteiger partial charge is 0.444 e. The molecule has 0 aliphatic carbocycles. The standard InChI is InChI=1S/C28H29F3N6O5/c1-28(2,3)42-27(40)35-10-8-16(9-11-35)14-36-21-7-5-18(29)12-20(21)25(38)37(26(36)39)15-19-6-4-17(13-32-19)23-33-34-24(41-23)22(30)31/h4-7,12-13,16,22H,8-11,14-15H2,1-3H3. The lowest BCUT2D eigenvalue weighted by atomic mass is 9.96. The highest BCUT2D eigenvalue weighted by atomic mass is 19.3. The van der Waals surface area contributed by atoms with Crippen LogP contribution in [0, 0.1) is 11.7 Å². The average molecular weight is 587 g/mol. The van der Waals surface area contributed by atoms with Crippen LogP contribution in [0.5, 0.6) is 0 Å². The lowest BCUT2D eigenvalue weighted by Gasteiger charge is -2.33. The van der Waals surface area contributed by atoms with Crippen molar-refractivity contribution < 1.29 is 27.1 Å². The minimum atomic E-state index is -2.91. The zero-order valence-corrected chi connectivity index (χ0v) is 23.2. The van der Waals surface area contributed by atoms with Crippen LogP contribution in [0.25, 0.3) is 22.4 Å². The summed E-state index contributed by atoms with van der Waals surface area (Å²) in [5, 5.41) is 6.91. The molecular weight excluding hydrogens is 557 g/mol. The number of carbonyl (C=O) groups excluding carboxylic acids is 1. The number of amides is 1. The van der Waals surface area contributed by atoms with Crippen molar-refractivity contribution in [3.05, 3.63) is 74.8 Å². The van der Waals surface area contributed by atoms with Crippen molar-refractivity contribution in [3.63, 3.8) is 0 Å². The molecule has 0 radical (unpaired) electrons. The number of nitrogens with zero attached hydrogens (tertiary/aromatic N) is 6. The van der Waals surface area contributed by atoms with Crippen molar-refractivity contribution in [2.75, 3.05) is 13.1 Å². The van der Waals surface area contributed by atoms with Gasteiger partial charge in [-0.2, -0.15) is 8.78 Å². The molecule has 0 unspecified atom stereocenters. The third kappa shape index (κ3) is 6.21. The maximum absolute atomic E-state index is 14.2. The molecule has 5 rings (SSSR count). The zero-order chi connectivity index (χ0) is 30.2. The highest BCUT2D eigenvalue weighted by molar-refractivity contribution is 5.78. The number of piperidine rings is 1. The predicted octanol–water partition coefficient (Wildman–Crippen LogP) is 4.38. The molecule has 0 spiro atoms. The second-order valence-electron chi connectivity index (χ2n) is 11.1.